The van der Waals surface area contributed by atoms with Crippen LogP contribution in [0.3, 0.4) is 0 Å². The van der Waals surface area contributed by atoms with Crippen molar-refractivity contribution in [1.82, 2.24) is 14.8 Å². The lowest BCUT2D eigenvalue weighted by Crippen LogP contribution is -2.48. The summed E-state index contributed by atoms with van der Waals surface area (Å²) in [6.45, 7) is 4.18. The van der Waals surface area contributed by atoms with E-state index < -0.39 is 0 Å². The second-order valence-electron chi connectivity index (χ2n) is 9.52. The summed E-state index contributed by atoms with van der Waals surface area (Å²) < 4.78 is 0. The van der Waals surface area contributed by atoms with E-state index in [0.29, 0.717) is 11.6 Å². The molecule has 2 aromatic rings. The van der Waals surface area contributed by atoms with E-state index in [-0.39, 0.29) is 17.9 Å². The molecule has 0 spiro atoms. The van der Waals surface area contributed by atoms with E-state index in [1.807, 2.05) is 48.5 Å². The van der Waals surface area contributed by atoms with Crippen molar-refractivity contribution in [1.29, 1.82) is 0 Å². The number of nitrogens with zero attached hydrogens (tertiary/aromatic N) is 4. The van der Waals surface area contributed by atoms with Gasteiger partial charge < -0.3 is 4.90 Å². The zero-order valence-electron chi connectivity index (χ0n) is 19.5. The highest BCUT2D eigenvalue weighted by Gasteiger charge is 2.43. The van der Waals surface area contributed by atoms with Crippen LogP contribution in [0.25, 0.3) is 6.08 Å². The van der Waals surface area contributed by atoms with E-state index in [4.69, 9.17) is 28.3 Å². The summed E-state index contributed by atoms with van der Waals surface area (Å²) in [5.41, 5.74) is 4.46. The SMILES string of the molecule is CN1CCN(CC(=O)N2N=C3/C(=C\c4ccc(Cl)cc4)CCC[C@@H]3[C@@H]2c2ccc(Cl)cc2)CC1. The van der Waals surface area contributed by atoms with Gasteiger partial charge in [-0.25, -0.2) is 5.01 Å². The summed E-state index contributed by atoms with van der Waals surface area (Å²) in [6.07, 6.45) is 5.26. The van der Waals surface area contributed by atoms with Gasteiger partial charge in [0.2, 0.25) is 0 Å². The van der Waals surface area contributed by atoms with Gasteiger partial charge in [0, 0.05) is 42.1 Å². The third-order valence-corrected chi connectivity index (χ3v) is 7.64. The fourth-order valence-electron chi connectivity index (χ4n) is 5.23. The molecule has 0 N–H and O–H groups in total. The molecule has 2 atom stereocenters. The van der Waals surface area contributed by atoms with Crippen molar-refractivity contribution in [3.8, 4) is 0 Å². The molecule has 1 saturated heterocycles. The summed E-state index contributed by atoms with van der Waals surface area (Å²) in [5.74, 6) is 0.252. The summed E-state index contributed by atoms with van der Waals surface area (Å²) in [5, 5.41) is 8.19. The lowest BCUT2D eigenvalue weighted by molar-refractivity contribution is -0.135. The highest BCUT2D eigenvalue weighted by atomic mass is 35.5. The molecule has 5 nitrogen and oxygen atoms in total. The second kappa shape index (κ2) is 10.2. The molecule has 7 heteroatoms. The molecule has 0 aromatic heterocycles. The van der Waals surface area contributed by atoms with Crippen LogP contribution in [0.1, 0.15) is 36.4 Å². The van der Waals surface area contributed by atoms with E-state index in [1.54, 1.807) is 5.01 Å². The van der Waals surface area contributed by atoms with Crippen LogP contribution in [0, 0.1) is 5.92 Å². The Bertz CT molecular complexity index is 1090. The molecule has 3 aliphatic rings. The third kappa shape index (κ3) is 5.08. The van der Waals surface area contributed by atoms with Crippen molar-refractivity contribution in [2.45, 2.75) is 25.3 Å². The van der Waals surface area contributed by atoms with Gasteiger partial charge >= 0.3 is 0 Å². The van der Waals surface area contributed by atoms with Crippen molar-refractivity contribution in [3.05, 3.63) is 75.3 Å². The fraction of sp³-hybridized carbons (Fsp3) is 0.407. The van der Waals surface area contributed by atoms with Crippen molar-refractivity contribution < 1.29 is 4.79 Å². The van der Waals surface area contributed by atoms with Gasteiger partial charge in [-0.05, 0) is 73.4 Å². The van der Waals surface area contributed by atoms with Crippen LogP contribution in [0.2, 0.25) is 10.0 Å². The van der Waals surface area contributed by atoms with Gasteiger partial charge in [-0.2, -0.15) is 5.10 Å². The number of halogens is 2. The Kier molecular flexibility index (Phi) is 7.07. The highest BCUT2D eigenvalue weighted by molar-refractivity contribution is 6.30. The monoisotopic (exact) mass is 496 g/mol. The topological polar surface area (TPSA) is 39.1 Å². The average molecular weight is 497 g/mol. The van der Waals surface area contributed by atoms with Crippen LogP contribution in [-0.4, -0.2) is 66.2 Å². The Morgan fingerprint density at radius 1 is 1.00 bits per heavy atom. The van der Waals surface area contributed by atoms with E-state index in [1.165, 1.54) is 5.57 Å². The van der Waals surface area contributed by atoms with Gasteiger partial charge in [0.1, 0.15) is 0 Å². The smallest absolute Gasteiger partial charge is 0.257 e. The number of allylic oxidation sites excluding steroid dienone is 1. The maximum Gasteiger partial charge on any atom is 0.257 e. The van der Waals surface area contributed by atoms with Crippen LogP contribution in [0.15, 0.2) is 59.2 Å². The fourth-order valence-corrected chi connectivity index (χ4v) is 5.48. The highest BCUT2D eigenvalue weighted by Crippen LogP contribution is 2.44. The number of hydrogen-bond donors (Lipinski definition) is 0. The molecule has 5 rings (SSSR count). The molecule has 1 saturated carbocycles. The van der Waals surface area contributed by atoms with E-state index in [9.17, 15) is 4.79 Å². The molecule has 2 aromatic carbocycles. The molecule has 2 heterocycles. The van der Waals surface area contributed by atoms with Crippen molar-refractivity contribution in [2.24, 2.45) is 11.0 Å². The number of likely N-dealkylation sites (N-methyl/N-ethyl adjacent to an activating group) is 1. The van der Waals surface area contributed by atoms with E-state index >= 15 is 0 Å². The number of piperazine rings is 1. The Hall–Kier alpha value is -2.18. The third-order valence-electron chi connectivity index (χ3n) is 7.13. The van der Waals surface area contributed by atoms with Gasteiger partial charge in [0.05, 0.1) is 18.3 Å². The maximum atomic E-state index is 13.6. The summed E-state index contributed by atoms with van der Waals surface area (Å²) >= 11 is 12.3. The lowest BCUT2D eigenvalue weighted by atomic mass is 9.77. The first-order valence-electron chi connectivity index (χ1n) is 12.0. The van der Waals surface area contributed by atoms with Crippen molar-refractivity contribution in [2.75, 3.05) is 39.8 Å². The Balaban J connectivity index is 1.46. The van der Waals surface area contributed by atoms with E-state index in [2.05, 4.69) is 22.9 Å². The second-order valence-corrected chi connectivity index (χ2v) is 10.4. The molecule has 0 bridgehead atoms. The summed E-state index contributed by atoms with van der Waals surface area (Å²) in [7, 11) is 2.13. The lowest BCUT2D eigenvalue weighted by Gasteiger charge is -2.34. The number of rotatable bonds is 4. The van der Waals surface area contributed by atoms with E-state index in [0.717, 1.165) is 67.3 Å². The molecular formula is C27H30Cl2N4O. The predicted octanol–water partition coefficient (Wildman–Crippen LogP) is 5.36. The van der Waals surface area contributed by atoms with Crippen LogP contribution >= 0.6 is 23.2 Å². The minimum Gasteiger partial charge on any atom is -0.304 e. The largest absolute Gasteiger partial charge is 0.304 e. The van der Waals surface area contributed by atoms with Gasteiger partial charge in [0.25, 0.3) is 5.91 Å². The maximum absolute atomic E-state index is 13.6. The quantitative estimate of drug-likeness (QED) is 0.571. The number of hydrazone groups is 1. The first kappa shape index (κ1) is 23.6. The Morgan fingerprint density at radius 2 is 1.65 bits per heavy atom. The number of carbonyl (C=O) groups is 1. The van der Waals surface area contributed by atoms with Gasteiger partial charge in [-0.1, -0.05) is 47.5 Å². The molecule has 2 fully saturated rings. The first-order chi connectivity index (χ1) is 16.5. The molecule has 34 heavy (non-hydrogen) atoms. The van der Waals surface area contributed by atoms with Gasteiger partial charge in [0.15, 0.2) is 0 Å². The summed E-state index contributed by atoms with van der Waals surface area (Å²) in [4.78, 5) is 18.1. The number of benzene rings is 2. The predicted molar refractivity (Wildman–Crippen MR) is 139 cm³/mol. The molecule has 1 aliphatic carbocycles. The van der Waals surface area contributed by atoms with Crippen LogP contribution < -0.4 is 0 Å². The molecular weight excluding hydrogens is 467 g/mol. The normalized spacial score (nSPS) is 24.9. The van der Waals surface area contributed by atoms with Crippen molar-refractivity contribution in [3.63, 3.8) is 0 Å². The van der Waals surface area contributed by atoms with Crippen LogP contribution in [0.5, 0.6) is 0 Å². The van der Waals surface area contributed by atoms with Gasteiger partial charge in [-0.15, -0.1) is 0 Å². The zero-order chi connectivity index (χ0) is 23.7. The minimum atomic E-state index is -0.0962. The molecule has 0 unspecified atom stereocenters. The number of hydrogen-bond acceptors (Lipinski definition) is 4. The molecule has 1 amide bonds. The average Bonchev–Trinajstić information content (AvgIpc) is 3.23. The summed E-state index contributed by atoms with van der Waals surface area (Å²) in [6, 6.07) is 15.7. The number of amides is 1. The molecule has 0 radical (unpaired) electrons. The number of carbonyl (C=O) groups excluding carboxylic acids is 1. The zero-order valence-corrected chi connectivity index (χ0v) is 21.0. The Morgan fingerprint density at radius 3 is 2.32 bits per heavy atom. The van der Waals surface area contributed by atoms with Gasteiger partial charge in [-0.3, -0.25) is 9.69 Å². The van der Waals surface area contributed by atoms with Crippen LogP contribution in [-0.2, 0) is 4.79 Å². The molecule has 2 aliphatic heterocycles. The van der Waals surface area contributed by atoms with Crippen LogP contribution in [0.4, 0.5) is 0 Å². The molecule has 178 valence electrons. The minimum absolute atomic E-state index is 0.0669. The first-order valence-corrected chi connectivity index (χ1v) is 12.8. The van der Waals surface area contributed by atoms with Crippen molar-refractivity contribution >= 4 is 40.9 Å². The number of fused-ring (bicyclic) bond motifs is 1. The standard InChI is InChI=1S/C27H30Cl2N4O/c1-31-13-15-32(16-14-31)18-25(34)33-27(20-7-11-23(29)12-8-20)24-4-2-3-21(26(24)30-33)17-19-5-9-22(28)10-6-19/h5-12,17,24,27H,2-4,13-16,18H2,1H3/b21-17-/t24-,27-/m0/s1. The Labute approximate surface area is 211 Å².